The highest BCUT2D eigenvalue weighted by atomic mass is 32.1. The molecule has 28 heavy (non-hydrogen) atoms. The van der Waals surface area contributed by atoms with Crippen LogP contribution in [-0.2, 0) is 19.6 Å². The van der Waals surface area contributed by atoms with E-state index in [1.54, 1.807) is 15.9 Å². The SMILES string of the molecule is Cc1ccc(Cn2nc3n(c(=O)c2=O)C[C@H]2CN(Cc4cccs4)C[C@@H]32)cc1. The molecule has 3 aromatic rings. The fraction of sp³-hybridized carbons (Fsp3) is 0.381. The van der Waals surface area contributed by atoms with Gasteiger partial charge >= 0.3 is 11.1 Å². The summed E-state index contributed by atoms with van der Waals surface area (Å²) in [6.45, 7) is 5.73. The van der Waals surface area contributed by atoms with Crippen molar-refractivity contribution >= 4 is 11.3 Å². The second-order valence-corrected chi connectivity index (χ2v) is 8.89. The van der Waals surface area contributed by atoms with Crippen molar-refractivity contribution in [2.75, 3.05) is 13.1 Å². The van der Waals surface area contributed by atoms with Crippen LogP contribution in [0.15, 0.2) is 51.4 Å². The molecule has 1 saturated heterocycles. The predicted molar refractivity (Wildman–Crippen MR) is 109 cm³/mol. The number of hydrogen-bond acceptors (Lipinski definition) is 5. The van der Waals surface area contributed by atoms with Crippen molar-refractivity contribution in [1.29, 1.82) is 0 Å². The highest BCUT2D eigenvalue weighted by molar-refractivity contribution is 7.09. The maximum absolute atomic E-state index is 12.7. The minimum Gasteiger partial charge on any atom is -0.297 e. The average molecular weight is 395 g/mol. The summed E-state index contributed by atoms with van der Waals surface area (Å²) in [5.41, 5.74) is 1.18. The maximum atomic E-state index is 12.7. The molecule has 1 fully saturated rings. The van der Waals surface area contributed by atoms with Crippen molar-refractivity contribution in [3.63, 3.8) is 0 Å². The molecule has 0 bridgehead atoms. The lowest BCUT2D eigenvalue weighted by Gasteiger charge is -2.17. The Morgan fingerprint density at radius 3 is 2.61 bits per heavy atom. The molecule has 0 amide bonds. The van der Waals surface area contributed by atoms with Crippen molar-refractivity contribution in [2.45, 2.75) is 32.5 Å². The molecule has 2 aromatic heterocycles. The van der Waals surface area contributed by atoms with E-state index in [2.05, 4.69) is 27.5 Å². The van der Waals surface area contributed by atoms with Gasteiger partial charge in [-0.15, -0.1) is 11.3 Å². The van der Waals surface area contributed by atoms with Crippen LogP contribution in [0.1, 0.15) is 27.7 Å². The Morgan fingerprint density at radius 1 is 1.04 bits per heavy atom. The Hall–Kier alpha value is -2.51. The molecular formula is C21H22N4O2S. The van der Waals surface area contributed by atoms with Crippen LogP contribution in [0.4, 0.5) is 0 Å². The summed E-state index contributed by atoms with van der Waals surface area (Å²) in [6.07, 6.45) is 0. The van der Waals surface area contributed by atoms with Gasteiger partial charge in [0.1, 0.15) is 5.82 Å². The molecule has 0 aliphatic carbocycles. The number of rotatable bonds is 4. The molecule has 1 aromatic carbocycles. The predicted octanol–water partition coefficient (Wildman–Crippen LogP) is 2.05. The monoisotopic (exact) mass is 394 g/mol. The average Bonchev–Trinajstić information content (AvgIpc) is 3.39. The van der Waals surface area contributed by atoms with E-state index in [0.717, 1.165) is 36.6 Å². The molecule has 0 N–H and O–H groups in total. The highest BCUT2D eigenvalue weighted by Gasteiger charge is 2.42. The van der Waals surface area contributed by atoms with Gasteiger partial charge in [0.25, 0.3) is 0 Å². The van der Waals surface area contributed by atoms with E-state index in [9.17, 15) is 9.59 Å². The molecule has 144 valence electrons. The van der Waals surface area contributed by atoms with E-state index < -0.39 is 11.1 Å². The minimum atomic E-state index is -0.528. The molecule has 0 unspecified atom stereocenters. The molecule has 6 nitrogen and oxygen atoms in total. The summed E-state index contributed by atoms with van der Waals surface area (Å²) in [5, 5.41) is 6.75. The number of likely N-dealkylation sites (tertiary alicyclic amines) is 1. The third-order valence-electron chi connectivity index (χ3n) is 5.84. The Balaban J connectivity index is 1.43. The van der Waals surface area contributed by atoms with Crippen molar-refractivity contribution in [1.82, 2.24) is 19.2 Å². The zero-order valence-electron chi connectivity index (χ0n) is 15.7. The van der Waals surface area contributed by atoms with Gasteiger partial charge in [0.2, 0.25) is 0 Å². The van der Waals surface area contributed by atoms with Crippen LogP contribution in [-0.4, -0.2) is 32.3 Å². The molecule has 2 aliphatic rings. The summed E-state index contributed by atoms with van der Waals surface area (Å²) in [7, 11) is 0. The van der Waals surface area contributed by atoms with Gasteiger partial charge in [0, 0.05) is 42.9 Å². The van der Waals surface area contributed by atoms with Crippen molar-refractivity contribution in [3.05, 3.63) is 84.3 Å². The minimum absolute atomic E-state index is 0.220. The van der Waals surface area contributed by atoms with Gasteiger partial charge in [-0.25, -0.2) is 4.68 Å². The first-order chi connectivity index (χ1) is 13.6. The summed E-state index contributed by atoms with van der Waals surface area (Å²) >= 11 is 1.77. The van der Waals surface area contributed by atoms with Crippen LogP contribution in [0.3, 0.4) is 0 Å². The van der Waals surface area contributed by atoms with E-state index in [-0.39, 0.29) is 5.92 Å². The molecule has 2 atom stereocenters. The molecule has 7 heteroatoms. The fourth-order valence-electron chi connectivity index (χ4n) is 4.40. The molecule has 2 aliphatic heterocycles. The van der Waals surface area contributed by atoms with Crippen molar-refractivity contribution in [2.24, 2.45) is 5.92 Å². The lowest BCUT2D eigenvalue weighted by molar-refractivity contribution is 0.306. The van der Waals surface area contributed by atoms with Crippen LogP contribution < -0.4 is 11.1 Å². The van der Waals surface area contributed by atoms with Crippen LogP contribution in [0, 0.1) is 12.8 Å². The quantitative estimate of drug-likeness (QED) is 0.636. The Kier molecular flexibility index (Phi) is 4.29. The number of thiophene rings is 1. The number of hydrogen-bond donors (Lipinski definition) is 0. The summed E-state index contributed by atoms with van der Waals surface area (Å²) in [4.78, 5) is 29.0. The number of aromatic nitrogens is 3. The first kappa shape index (κ1) is 17.6. The fourth-order valence-corrected chi connectivity index (χ4v) is 5.15. The summed E-state index contributed by atoms with van der Waals surface area (Å²) in [6, 6.07) is 12.2. The normalized spacial score (nSPS) is 21.0. The lowest BCUT2D eigenvalue weighted by atomic mass is 10.00. The molecule has 0 radical (unpaired) electrons. The highest BCUT2D eigenvalue weighted by Crippen LogP contribution is 2.37. The van der Waals surface area contributed by atoms with E-state index in [0.29, 0.717) is 19.0 Å². The van der Waals surface area contributed by atoms with E-state index >= 15 is 0 Å². The third kappa shape index (κ3) is 3.04. The van der Waals surface area contributed by atoms with Gasteiger partial charge in [-0.1, -0.05) is 35.9 Å². The van der Waals surface area contributed by atoms with Gasteiger partial charge in [-0.2, -0.15) is 5.10 Å². The zero-order chi connectivity index (χ0) is 19.3. The van der Waals surface area contributed by atoms with Gasteiger partial charge in [0.15, 0.2) is 0 Å². The first-order valence-electron chi connectivity index (χ1n) is 9.60. The van der Waals surface area contributed by atoms with E-state index in [1.165, 1.54) is 9.56 Å². The second kappa shape index (κ2) is 6.83. The van der Waals surface area contributed by atoms with Gasteiger partial charge in [-0.05, 0) is 23.9 Å². The summed E-state index contributed by atoms with van der Waals surface area (Å²) in [5.74, 6) is 1.35. The Labute approximate surface area is 166 Å². The third-order valence-corrected chi connectivity index (χ3v) is 6.70. The topological polar surface area (TPSA) is 60.1 Å². The second-order valence-electron chi connectivity index (χ2n) is 7.86. The molecule has 4 heterocycles. The van der Waals surface area contributed by atoms with Gasteiger partial charge < -0.3 is 0 Å². The number of nitrogens with zero attached hydrogens (tertiary/aromatic N) is 4. The smallest absolute Gasteiger partial charge is 0.297 e. The molecule has 0 saturated carbocycles. The van der Waals surface area contributed by atoms with E-state index in [4.69, 9.17) is 0 Å². The Morgan fingerprint density at radius 2 is 1.86 bits per heavy atom. The van der Waals surface area contributed by atoms with Crippen molar-refractivity contribution < 1.29 is 0 Å². The van der Waals surface area contributed by atoms with Gasteiger partial charge in [-0.3, -0.25) is 19.1 Å². The first-order valence-corrected chi connectivity index (χ1v) is 10.5. The lowest BCUT2D eigenvalue weighted by Crippen LogP contribution is -2.44. The van der Waals surface area contributed by atoms with Crippen LogP contribution in [0.5, 0.6) is 0 Å². The molecule has 5 rings (SSSR count). The van der Waals surface area contributed by atoms with Crippen LogP contribution >= 0.6 is 11.3 Å². The number of fused-ring (bicyclic) bond motifs is 3. The van der Waals surface area contributed by atoms with E-state index in [1.807, 2.05) is 31.2 Å². The maximum Gasteiger partial charge on any atom is 0.332 e. The summed E-state index contributed by atoms with van der Waals surface area (Å²) < 4.78 is 2.97. The largest absolute Gasteiger partial charge is 0.332 e. The zero-order valence-corrected chi connectivity index (χ0v) is 16.6. The number of aryl methyl sites for hydroxylation is 1. The van der Waals surface area contributed by atoms with Crippen LogP contribution in [0.2, 0.25) is 0 Å². The van der Waals surface area contributed by atoms with Crippen LogP contribution in [0.25, 0.3) is 0 Å². The standard InChI is InChI=1S/C21H22N4O2S/c1-14-4-6-15(7-5-14)9-25-21(27)20(26)24-11-16-10-23(12-17-3-2-8-28-17)13-18(16)19(24)22-25/h2-8,16,18H,9-13H2,1H3/t16-,18-/m1/s1. The number of benzene rings is 1. The molecule has 0 spiro atoms. The van der Waals surface area contributed by atoms with Crippen molar-refractivity contribution in [3.8, 4) is 0 Å². The van der Waals surface area contributed by atoms with Gasteiger partial charge in [0.05, 0.1) is 6.54 Å². The molecular weight excluding hydrogens is 372 g/mol. The Bertz CT molecular complexity index is 1110.